The van der Waals surface area contributed by atoms with Gasteiger partial charge < -0.3 is 14.6 Å². The summed E-state index contributed by atoms with van der Waals surface area (Å²) in [6.07, 6.45) is -0.490. The maximum Gasteiger partial charge on any atom is 0.429 e. The molecule has 0 rings (SSSR count). The SMILES string of the molecule is CC(C)(C)OC(=O)NN(C(=O)OC(C)(C)C)C(CCCO)CCN=[N+]=[N-]. The molecular formula is C16H31N5O5. The number of hydrogen-bond donors (Lipinski definition) is 2. The minimum absolute atomic E-state index is 0.0768. The van der Waals surface area contributed by atoms with Crippen molar-refractivity contribution in [3.8, 4) is 0 Å². The Kier molecular flexibility index (Phi) is 9.82. The van der Waals surface area contributed by atoms with Gasteiger partial charge in [0.15, 0.2) is 0 Å². The maximum absolute atomic E-state index is 12.6. The summed E-state index contributed by atoms with van der Waals surface area (Å²) >= 11 is 0. The quantitative estimate of drug-likeness (QED) is 0.304. The summed E-state index contributed by atoms with van der Waals surface area (Å²) < 4.78 is 10.5. The molecule has 0 aromatic heterocycles. The zero-order valence-electron chi connectivity index (χ0n) is 16.5. The van der Waals surface area contributed by atoms with E-state index in [9.17, 15) is 9.59 Å². The highest BCUT2D eigenvalue weighted by atomic mass is 16.6. The lowest BCUT2D eigenvalue weighted by molar-refractivity contribution is -0.0119. The summed E-state index contributed by atoms with van der Waals surface area (Å²) in [5.74, 6) is 0. The van der Waals surface area contributed by atoms with E-state index < -0.39 is 29.4 Å². The van der Waals surface area contributed by atoms with Crippen LogP contribution in [0.1, 0.15) is 60.8 Å². The summed E-state index contributed by atoms with van der Waals surface area (Å²) in [5.41, 5.74) is 9.36. The number of azide groups is 1. The normalized spacial score (nSPS) is 12.6. The predicted octanol–water partition coefficient (Wildman–Crippen LogP) is 3.50. The van der Waals surface area contributed by atoms with E-state index in [2.05, 4.69) is 15.5 Å². The van der Waals surface area contributed by atoms with Crippen LogP contribution in [0.2, 0.25) is 0 Å². The largest absolute Gasteiger partial charge is 0.443 e. The van der Waals surface area contributed by atoms with Crippen LogP contribution in [-0.4, -0.2) is 52.7 Å². The molecule has 1 unspecified atom stereocenters. The molecule has 2 amide bonds. The number of ether oxygens (including phenoxy) is 2. The highest BCUT2D eigenvalue weighted by molar-refractivity contribution is 5.74. The van der Waals surface area contributed by atoms with Gasteiger partial charge in [-0.05, 0) is 66.3 Å². The Hall–Kier alpha value is -2.19. The van der Waals surface area contributed by atoms with Crippen molar-refractivity contribution >= 4 is 12.2 Å². The van der Waals surface area contributed by atoms with Gasteiger partial charge in [-0.3, -0.25) is 0 Å². The average molecular weight is 373 g/mol. The second kappa shape index (κ2) is 10.7. The van der Waals surface area contributed by atoms with Crippen molar-refractivity contribution in [3.63, 3.8) is 0 Å². The molecule has 0 aliphatic heterocycles. The lowest BCUT2D eigenvalue weighted by Gasteiger charge is -2.34. The molecule has 0 aliphatic rings. The number of aliphatic hydroxyl groups excluding tert-OH is 1. The molecule has 0 fully saturated rings. The molecule has 0 saturated heterocycles. The van der Waals surface area contributed by atoms with Gasteiger partial charge >= 0.3 is 12.2 Å². The number of hydrogen-bond acceptors (Lipinski definition) is 6. The molecule has 0 aromatic rings. The fraction of sp³-hybridized carbons (Fsp3) is 0.875. The second-order valence-corrected chi connectivity index (χ2v) is 7.73. The maximum atomic E-state index is 12.6. The van der Waals surface area contributed by atoms with Crippen molar-refractivity contribution in [3.05, 3.63) is 10.4 Å². The first-order valence-corrected chi connectivity index (χ1v) is 8.53. The second-order valence-electron chi connectivity index (χ2n) is 7.73. The lowest BCUT2D eigenvalue weighted by Crippen LogP contribution is -2.54. The number of carbonyl (C=O) groups is 2. The Balaban J connectivity index is 5.40. The van der Waals surface area contributed by atoms with Gasteiger partial charge in [0, 0.05) is 18.1 Å². The van der Waals surface area contributed by atoms with Crippen LogP contribution in [0.3, 0.4) is 0 Å². The fourth-order valence-corrected chi connectivity index (χ4v) is 1.98. The number of nitrogens with one attached hydrogen (secondary N) is 1. The smallest absolute Gasteiger partial charge is 0.429 e. The molecule has 26 heavy (non-hydrogen) atoms. The van der Waals surface area contributed by atoms with Crippen molar-refractivity contribution in [1.29, 1.82) is 0 Å². The van der Waals surface area contributed by atoms with Crippen LogP contribution in [0.4, 0.5) is 9.59 Å². The van der Waals surface area contributed by atoms with E-state index in [1.54, 1.807) is 41.5 Å². The molecular weight excluding hydrogens is 342 g/mol. The third-order valence-corrected chi connectivity index (χ3v) is 2.89. The van der Waals surface area contributed by atoms with E-state index >= 15 is 0 Å². The van der Waals surface area contributed by atoms with Crippen molar-refractivity contribution in [1.82, 2.24) is 10.4 Å². The van der Waals surface area contributed by atoms with Gasteiger partial charge in [-0.2, -0.15) is 0 Å². The standard InChI is InChI=1S/C16H31N5O5/c1-15(2,3)25-13(23)19-21(14(24)26-16(4,5)6)12(8-7-11-22)9-10-18-20-17/h12,22H,7-11H2,1-6H3,(H,19,23). The number of amides is 2. The van der Waals surface area contributed by atoms with E-state index in [-0.39, 0.29) is 13.2 Å². The summed E-state index contributed by atoms with van der Waals surface area (Å²) in [6, 6.07) is -0.532. The van der Waals surface area contributed by atoms with E-state index in [1.165, 1.54) is 0 Å². The molecule has 0 bridgehead atoms. The first-order valence-electron chi connectivity index (χ1n) is 8.53. The molecule has 10 nitrogen and oxygen atoms in total. The number of aliphatic hydroxyl groups is 1. The van der Waals surface area contributed by atoms with Crippen LogP contribution in [0.15, 0.2) is 5.11 Å². The molecule has 0 saturated carbocycles. The lowest BCUT2D eigenvalue weighted by atomic mass is 10.1. The topological polar surface area (TPSA) is 137 Å². The summed E-state index contributed by atoms with van der Waals surface area (Å²) in [7, 11) is 0. The number of rotatable bonds is 7. The Bertz CT molecular complexity index is 506. The number of carbonyl (C=O) groups excluding carboxylic acids is 2. The molecule has 2 N–H and O–H groups in total. The zero-order valence-corrected chi connectivity index (χ0v) is 16.5. The van der Waals surface area contributed by atoms with Crippen molar-refractivity contribution in [2.75, 3.05) is 13.2 Å². The third-order valence-electron chi connectivity index (χ3n) is 2.89. The Morgan fingerprint density at radius 2 is 1.73 bits per heavy atom. The van der Waals surface area contributed by atoms with Crippen molar-refractivity contribution in [2.24, 2.45) is 5.11 Å². The van der Waals surface area contributed by atoms with Gasteiger partial charge in [0.2, 0.25) is 0 Å². The molecule has 0 aromatic carbocycles. The fourth-order valence-electron chi connectivity index (χ4n) is 1.98. The summed E-state index contributed by atoms with van der Waals surface area (Å²) in [4.78, 5) is 27.4. The van der Waals surface area contributed by atoms with Crippen LogP contribution in [-0.2, 0) is 9.47 Å². The Morgan fingerprint density at radius 3 is 2.19 bits per heavy atom. The molecule has 0 aliphatic carbocycles. The van der Waals surface area contributed by atoms with E-state index in [0.29, 0.717) is 19.3 Å². The van der Waals surface area contributed by atoms with Crippen LogP contribution in [0.25, 0.3) is 10.4 Å². The summed E-state index contributed by atoms with van der Waals surface area (Å²) in [6.45, 7) is 10.3. The molecule has 0 radical (unpaired) electrons. The molecule has 0 spiro atoms. The highest BCUT2D eigenvalue weighted by Gasteiger charge is 2.31. The van der Waals surface area contributed by atoms with E-state index in [1.807, 2.05) is 0 Å². The van der Waals surface area contributed by atoms with Gasteiger partial charge in [0.05, 0.1) is 6.04 Å². The van der Waals surface area contributed by atoms with Crippen LogP contribution in [0.5, 0.6) is 0 Å². The van der Waals surface area contributed by atoms with E-state index in [4.69, 9.17) is 20.1 Å². The predicted molar refractivity (Wildman–Crippen MR) is 96.2 cm³/mol. The number of nitrogens with zero attached hydrogens (tertiary/aromatic N) is 4. The summed E-state index contributed by atoms with van der Waals surface area (Å²) in [5, 5.41) is 13.6. The number of hydrazine groups is 1. The van der Waals surface area contributed by atoms with Gasteiger partial charge in [0.25, 0.3) is 0 Å². The first-order chi connectivity index (χ1) is 11.9. The van der Waals surface area contributed by atoms with Crippen LogP contribution < -0.4 is 5.43 Å². The highest BCUT2D eigenvalue weighted by Crippen LogP contribution is 2.16. The third kappa shape index (κ3) is 11.4. The molecule has 1 atom stereocenters. The minimum Gasteiger partial charge on any atom is -0.443 e. The van der Waals surface area contributed by atoms with Gasteiger partial charge in [-0.25, -0.2) is 20.0 Å². The Labute approximate surface area is 154 Å². The first kappa shape index (κ1) is 23.8. The van der Waals surface area contributed by atoms with Crippen molar-refractivity contribution in [2.45, 2.75) is 78.0 Å². The molecule has 150 valence electrons. The monoisotopic (exact) mass is 373 g/mol. The van der Waals surface area contributed by atoms with Crippen LogP contribution in [0, 0.1) is 0 Å². The average Bonchev–Trinajstić information content (AvgIpc) is 2.45. The Morgan fingerprint density at radius 1 is 1.15 bits per heavy atom. The van der Waals surface area contributed by atoms with E-state index in [0.717, 1.165) is 5.01 Å². The van der Waals surface area contributed by atoms with Gasteiger partial charge in [-0.1, -0.05) is 5.11 Å². The minimum atomic E-state index is -0.804. The zero-order chi connectivity index (χ0) is 20.4. The molecule has 10 heteroatoms. The van der Waals surface area contributed by atoms with Crippen molar-refractivity contribution < 1.29 is 24.2 Å². The van der Waals surface area contributed by atoms with Crippen LogP contribution >= 0.6 is 0 Å². The van der Waals surface area contributed by atoms with Gasteiger partial charge in [-0.15, -0.1) is 0 Å². The van der Waals surface area contributed by atoms with Gasteiger partial charge in [0.1, 0.15) is 11.2 Å². The molecule has 0 heterocycles.